The normalized spacial score (nSPS) is 15.5. The van der Waals surface area contributed by atoms with Crippen LogP contribution < -0.4 is 4.74 Å². The average Bonchev–Trinajstić information content (AvgIpc) is 2.54. The molecule has 0 aliphatic carbocycles. The second kappa shape index (κ2) is 7.65. The fourth-order valence-electron chi connectivity index (χ4n) is 2.40. The molecule has 1 heterocycles. The molecule has 2 rings (SSSR count). The minimum absolute atomic E-state index is 0.0236. The smallest absolute Gasteiger partial charge is 0.260 e. The first-order valence-corrected chi connectivity index (χ1v) is 7.36. The Morgan fingerprint density at radius 2 is 1.90 bits per heavy atom. The summed E-state index contributed by atoms with van der Waals surface area (Å²) in [5.41, 5.74) is 0.584. The van der Waals surface area contributed by atoms with Crippen molar-refractivity contribution >= 4 is 5.91 Å². The number of carbonyl (C=O) groups excluding carboxylic acids is 1. The molecule has 0 bridgehead atoms. The van der Waals surface area contributed by atoms with E-state index in [0.717, 1.165) is 39.1 Å². The van der Waals surface area contributed by atoms with E-state index >= 15 is 0 Å². The van der Waals surface area contributed by atoms with Crippen LogP contribution in [0.3, 0.4) is 0 Å². The fourth-order valence-corrected chi connectivity index (χ4v) is 2.40. The maximum atomic E-state index is 12.1. The van der Waals surface area contributed by atoms with Gasteiger partial charge in [-0.25, -0.2) is 0 Å². The molecule has 0 radical (unpaired) electrons. The molecule has 1 aliphatic heterocycles. The van der Waals surface area contributed by atoms with Gasteiger partial charge >= 0.3 is 0 Å². The van der Waals surface area contributed by atoms with Crippen molar-refractivity contribution in [3.05, 3.63) is 29.8 Å². The van der Waals surface area contributed by atoms with Gasteiger partial charge in [0.2, 0.25) is 0 Å². The number of nitrogens with zero attached hydrogens (tertiary/aromatic N) is 3. The number of nitriles is 1. The average molecular weight is 287 g/mol. The number of rotatable bonds is 5. The minimum atomic E-state index is 0.0236. The predicted molar refractivity (Wildman–Crippen MR) is 80.0 cm³/mol. The number of ether oxygens (including phenoxy) is 1. The third-order valence-corrected chi connectivity index (χ3v) is 3.61. The number of benzene rings is 1. The van der Waals surface area contributed by atoms with Crippen molar-refractivity contribution in [2.45, 2.75) is 13.3 Å². The minimum Gasteiger partial charge on any atom is -0.484 e. The summed E-state index contributed by atoms with van der Waals surface area (Å²) in [6, 6.07) is 8.84. The standard InChI is InChI=1S/C16H21N3O2/c1-2-7-18-8-10-19(11-9-18)16(20)13-21-15-5-3-14(12-17)4-6-15/h3-6H,2,7-11,13H2,1H3. The highest BCUT2D eigenvalue weighted by Gasteiger charge is 2.20. The molecule has 0 unspecified atom stereocenters. The molecule has 0 aromatic heterocycles. The molecule has 21 heavy (non-hydrogen) atoms. The molecule has 0 spiro atoms. The highest BCUT2D eigenvalue weighted by atomic mass is 16.5. The van der Waals surface area contributed by atoms with Crippen LogP contribution in [-0.4, -0.2) is 55.0 Å². The Morgan fingerprint density at radius 3 is 2.48 bits per heavy atom. The van der Waals surface area contributed by atoms with E-state index in [1.807, 2.05) is 11.0 Å². The number of carbonyl (C=O) groups is 1. The van der Waals surface area contributed by atoms with Gasteiger partial charge in [-0.1, -0.05) is 6.92 Å². The van der Waals surface area contributed by atoms with Crippen LogP contribution in [0.1, 0.15) is 18.9 Å². The molecule has 0 N–H and O–H groups in total. The molecule has 0 saturated carbocycles. The Morgan fingerprint density at radius 1 is 1.24 bits per heavy atom. The summed E-state index contributed by atoms with van der Waals surface area (Å²) in [7, 11) is 0. The largest absolute Gasteiger partial charge is 0.484 e. The van der Waals surface area contributed by atoms with Crippen LogP contribution in [0.15, 0.2) is 24.3 Å². The first-order chi connectivity index (χ1) is 10.2. The third kappa shape index (κ3) is 4.47. The van der Waals surface area contributed by atoms with Crippen LogP contribution in [0, 0.1) is 11.3 Å². The summed E-state index contributed by atoms with van der Waals surface area (Å²) in [5, 5.41) is 8.72. The van der Waals surface area contributed by atoms with Gasteiger partial charge in [0, 0.05) is 26.2 Å². The van der Waals surface area contributed by atoms with Crippen molar-refractivity contribution in [2.24, 2.45) is 0 Å². The third-order valence-electron chi connectivity index (χ3n) is 3.61. The van der Waals surface area contributed by atoms with E-state index in [9.17, 15) is 4.79 Å². The molecule has 5 heteroatoms. The van der Waals surface area contributed by atoms with Crippen LogP contribution >= 0.6 is 0 Å². The quantitative estimate of drug-likeness (QED) is 0.823. The van der Waals surface area contributed by atoms with Gasteiger partial charge in [0.25, 0.3) is 5.91 Å². The van der Waals surface area contributed by atoms with Crippen molar-refractivity contribution in [2.75, 3.05) is 39.3 Å². The summed E-state index contributed by atoms with van der Waals surface area (Å²) in [4.78, 5) is 16.3. The Hall–Kier alpha value is -2.06. The van der Waals surface area contributed by atoms with Gasteiger partial charge in [-0.2, -0.15) is 5.26 Å². The SMILES string of the molecule is CCCN1CCN(C(=O)COc2ccc(C#N)cc2)CC1. The van der Waals surface area contributed by atoms with Gasteiger partial charge in [-0.3, -0.25) is 9.69 Å². The van der Waals surface area contributed by atoms with Crippen LogP contribution in [-0.2, 0) is 4.79 Å². The van der Waals surface area contributed by atoms with Gasteiger partial charge in [0.15, 0.2) is 6.61 Å². The second-order valence-electron chi connectivity index (χ2n) is 5.15. The first-order valence-electron chi connectivity index (χ1n) is 7.36. The molecule has 1 fully saturated rings. The predicted octanol–water partition coefficient (Wildman–Crippen LogP) is 1.49. The zero-order valence-corrected chi connectivity index (χ0v) is 12.4. The van der Waals surface area contributed by atoms with Gasteiger partial charge in [-0.05, 0) is 37.2 Å². The summed E-state index contributed by atoms with van der Waals surface area (Å²) >= 11 is 0. The summed E-state index contributed by atoms with van der Waals surface area (Å²) < 4.78 is 5.48. The Bertz CT molecular complexity index is 499. The van der Waals surface area contributed by atoms with Crippen LogP contribution in [0.4, 0.5) is 0 Å². The highest BCUT2D eigenvalue weighted by Crippen LogP contribution is 2.12. The molecule has 1 amide bonds. The molecule has 5 nitrogen and oxygen atoms in total. The van der Waals surface area contributed by atoms with Crippen molar-refractivity contribution in [3.8, 4) is 11.8 Å². The van der Waals surface area contributed by atoms with E-state index in [-0.39, 0.29) is 12.5 Å². The lowest BCUT2D eigenvalue weighted by Crippen LogP contribution is -2.50. The summed E-state index contributed by atoms with van der Waals surface area (Å²) in [5.74, 6) is 0.641. The monoisotopic (exact) mass is 287 g/mol. The first kappa shape index (κ1) is 15.3. The van der Waals surface area contributed by atoms with Crippen LogP contribution in [0.5, 0.6) is 5.75 Å². The number of hydrogen-bond donors (Lipinski definition) is 0. The van der Waals surface area contributed by atoms with E-state index in [1.165, 1.54) is 0 Å². The number of hydrogen-bond acceptors (Lipinski definition) is 4. The molecule has 1 aliphatic rings. The fraction of sp³-hybridized carbons (Fsp3) is 0.500. The maximum absolute atomic E-state index is 12.1. The van der Waals surface area contributed by atoms with Gasteiger partial charge in [-0.15, -0.1) is 0 Å². The molecule has 1 aromatic rings. The second-order valence-corrected chi connectivity index (χ2v) is 5.15. The highest BCUT2D eigenvalue weighted by molar-refractivity contribution is 5.77. The van der Waals surface area contributed by atoms with Gasteiger partial charge in [0.1, 0.15) is 5.75 Å². The van der Waals surface area contributed by atoms with E-state index in [4.69, 9.17) is 10.00 Å². The number of piperazine rings is 1. The van der Waals surface area contributed by atoms with Crippen molar-refractivity contribution in [1.82, 2.24) is 9.80 Å². The summed E-state index contributed by atoms with van der Waals surface area (Å²) in [6.45, 7) is 6.75. The Labute approximate surface area is 125 Å². The molecular formula is C16H21N3O2. The van der Waals surface area contributed by atoms with Crippen LogP contribution in [0.2, 0.25) is 0 Å². The molecule has 1 aromatic carbocycles. The molecule has 112 valence electrons. The van der Waals surface area contributed by atoms with E-state index in [0.29, 0.717) is 11.3 Å². The van der Waals surface area contributed by atoms with Crippen LogP contribution in [0.25, 0.3) is 0 Å². The molecular weight excluding hydrogens is 266 g/mol. The van der Waals surface area contributed by atoms with E-state index < -0.39 is 0 Å². The lowest BCUT2D eigenvalue weighted by molar-refractivity contribution is -0.135. The zero-order valence-electron chi connectivity index (χ0n) is 12.4. The van der Waals surface area contributed by atoms with Gasteiger partial charge in [0.05, 0.1) is 11.6 Å². The molecule has 1 saturated heterocycles. The van der Waals surface area contributed by atoms with Gasteiger partial charge < -0.3 is 9.64 Å². The topological polar surface area (TPSA) is 56.6 Å². The van der Waals surface area contributed by atoms with E-state index in [2.05, 4.69) is 11.8 Å². The van der Waals surface area contributed by atoms with Crippen molar-refractivity contribution in [1.29, 1.82) is 5.26 Å². The summed E-state index contributed by atoms with van der Waals surface area (Å²) in [6.07, 6.45) is 1.15. The lowest BCUT2D eigenvalue weighted by atomic mass is 10.2. The Balaban J connectivity index is 1.76. The van der Waals surface area contributed by atoms with Crippen molar-refractivity contribution < 1.29 is 9.53 Å². The van der Waals surface area contributed by atoms with Crippen molar-refractivity contribution in [3.63, 3.8) is 0 Å². The lowest BCUT2D eigenvalue weighted by Gasteiger charge is -2.34. The van der Waals surface area contributed by atoms with E-state index in [1.54, 1.807) is 24.3 Å². The Kier molecular flexibility index (Phi) is 5.59. The zero-order chi connectivity index (χ0) is 15.1. The molecule has 0 atom stereocenters. The maximum Gasteiger partial charge on any atom is 0.260 e. The number of amides is 1.